The summed E-state index contributed by atoms with van der Waals surface area (Å²) in [5.74, 6) is -0.306. The summed E-state index contributed by atoms with van der Waals surface area (Å²) in [5, 5.41) is 9.46. The van der Waals surface area contributed by atoms with Crippen molar-refractivity contribution in [3.05, 3.63) is 64.1 Å². The molecule has 2 aromatic carbocycles. The van der Waals surface area contributed by atoms with Crippen molar-refractivity contribution in [3.63, 3.8) is 0 Å². The molecular formula is C17H15BrO3. The number of benzene rings is 2. The molecule has 0 spiro atoms. The van der Waals surface area contributed by atoms with Crippen molar-refractivity contribution in [1.82, 2.24) is 0 Å². The first-order chi connectivity index (χ1) is 10.1. The molecule has 0 fully saturated rings. The van der Waals surface area contributed by atoms with Crippen LogP contribution in [0.1, 0.15) is 18.1 Å². The third-order valence-electron chi connectivity index (χ3n) is 2.85. The minimum absolute atomic E-state index is 0.231. The van der Waals surface area contributed by atoms with Crippen molar-refractivity contribution >= 4 is 33.5 Å². The van der Waals surface area contributed by atoms with Gasteiger partial charge in [0.2, 0.25) is 0 Å². The number of rotatable bonds is 5. The van der Waals surface area contributed by atoms with Gasteiger partial charge in [0.15, 0.2) is 0 Å². The van der Waals surface area contributed by atoms with Crippen molar-refractivity contribution in [3.8, 4) is 5.75 Å². The number of aliphatic carboxylic acids is 1. The molecule has 0 aromatic heterocycles. The Labute approximate surface area is 132 Å². The highest BCUT2D eigenvalue weighted by Gasteiger charge is 2.11. The maximum atomic E-state index is 11.5. The number of carbonyl (C=O) groups is 1. The summed E-state index contributed by atoms with van der Waals surface area (Å²) < 4.78 is 6.32. The summed E-state index contributed by atoms with van der Waals surface area (Å²) in [7, 11) is 0. The van der Waals surface area contributed by atoms with Gasteiger partial charge in [-0.15, -0.1) is 0 Å². The molecule has 3 nitrogen and oxygen atoms in total. The zero-order valence-corrected chi connectivity index (χ0v) is 13.1. The lowest BCUT2D eigenvalue weighted by Crippen LogP contribution is -2.00. The average Bonchev–Trinajstić information content (AvgIpc) is 2.45. The molecule has 0 amide bonds. The van der Waals surface area contributed by atoms with Crippen LogP contribution in [0.5, 0.6) is 5.75 Å². The van der Waals surface area contributed by atoms with Crippen LogP contribution < -0.4 is 4.74 Å². The molecule has 2 aromatic rings. The molecule has 1 N–H and O–H groups in total. The van der Waals surface area contributed by atoms with E-state index in [1.165, 1.54) is 0 Å². The molecule has 0 atom stereocenters. The molecule has 0 saturated carbocycles. The number of hydrogen-bond acceptors (Lipinski definition) is 2. The van der Waals surface area contributed by atoms with E-state index in [0.717, 1.165) is 10.0 Å². The zero-order chi connectivity index (χ0) is 15.2. The molecule has 108 valence electrons. The third kappa shape index (κ3) is 4.20. The van der Waals surface area contributed by atoms with Crippen molar-refractivity contribution in [2.24, 2.45) is 0 Å². The lowest BCUT2D eigenvalue weighted by molar-refractivity contribution is -0.130. The minimum atomic E-state index is -0.969. The second-order valence-electron chi connectivity index (χ2n) is 4.38. The van der Waals surface area contributed by atoms with Crippen LogP contribution in [0.4, 0.5) is 0 Å². The predicted molar refractivity (Wildman–Crippen MR) is 87.3 cm³/mol. The highest BCUT2D eigenvalue weighted by molar-refractivity contribution is 9.10. The van der Waals surface area contributed by atoms with Crippen molar-refractivity contribution in [2.75, 3.05) is 6.61 Å². The first kappa shape index (κ1) is 15.3. The Kier molecular flexibility index (Phi) is 5.17. The molecule has 2 rings (SSSR count). The van der Waals surface area contributed by atoms with Gasteiger partial charge < -0.3 is 9.84 Å². The topological polar surface area (TPSA) is 46.5 Å². The van der Waals surface area contributed by atoms with Crippen LogP contribution in [0, 0.1) is 0 Å². The smallest absolute Gasteiger partial charge is 0.336 e. The van der Waals surface area contributed by atoms with Crippen LogP contribution in [0.3, 0.4) is 0 Å². The van der Waals surface area contributed by atoms with Gasteiger partial charge in [-0.1, -0.05) is 40.2 Å². The van der Waals surface area contributed by atoms with Crippen molar-refractivity contribution < 1.29 is 14.6 Å². The number of halogens is 1. The molecule has 0 unspecified atom stereocenters. The lowest BCUT2D eigenvalue weighted by Gasteiger charge is -2.07. The maximum absolute atomic E-state index is 11.5. The van der Waals surface area contributed by atoms with E-state index in [2.05, 4.69) is 15.9 Å². The average molecular weight is 347 g/mol. The Morgan fingerprint density at radius 2 is 2.00 bits per heavy atom. The molecule has 0 aliphatic rings. The first-order valence-corrected chi connectivity index (χ1v) is 7.33. The van der Waals surface area contributed by atoms with Crippen LogP contribution >= 0.6 is 15.9 Å². The largest absolute Gasteiger partial charge is 0.494 e. The fourth-order valence-corrected chi connectivity index (χ4v) is 2.37. The van der Waals surface area contributed by atoms with E-state index in [0.29, 0.717) is 17.9 Å². The highest BCUT2D eigenvalue weighted by atomic mass is 79.9. The number of hydrogen-bond donors (Lipinski definition) is 1. The van der Waals surface area contributed by atoms with Gasteiger partial charge in [-0.25, -0.2) is 4.79 Å². The van der Waals surface area contributed by atoms with E-state index < -0.39 is 5.97 Å². The van der Waals surface area contributed by atoms with Gasteiger partial charge in [0.05, 0.1) is 12.2 Å². The van der Waals surface area contributed by atoms with Crippen LogP contribution in [0.2, 0.25) is 0 Å². The zero-order valence-electron chi connectivity index (χ0n) is 11.5. The van der Waals surface area contributed by atoms with Crippen molar-refractivity contribution in [2.45, 2.75) is 6.92 Å². The molecule has 0 heterocycles. The molecule has 4 heteroatoms. The Hall–Kier alpha value is -2.07. The molecule has 0 saturated heterocycles. The van der Waals surface area contributed by atoms with E-state index in [9.17, 15) is 9.90 Å². The fourth-order valence-electron chi connectivity index (χ4n) is 1.95. The van der Waals surface area contributed by atoms with Crippen LogP contribution in [0.25, 0.3) is 11.6 Å². The molecule has 21 heavy (non-hydrogen) atoms. The Bertz CT molecular complexity index is 677. The monoisotopic (exact) mass is 346 g/mol. The van der Waals surface area contributed by atoms with Crippen LogP contribution in [-0.2, 0) is 4.79 Å². The van der Waals surface area contributed by atoms with Gasteiger partial charge in [-0.05, 0) is 48.4 Å². The summed E-state index contributed by atoms with van der Waals surface area (Å²) >= 11 is 3.38. The summed E-state index contributed by atoms with van der Waals surface area (Å²) in [4.78, 5) is 11.5. The molecule has 0 aliphatic heterocycles. The fraction of sp³-hybridized carbons (Fsp3) is 0.118. The van der Waals surface area contributed by atoms with E-state index in [1.807, 2.05) is 37.3 Å². The van der Waals surface area contributed by atoms with E-state index in [4.69, 9.17) is 4.74 Å². The van der Waals surface area contributed by atoms with Crippen molar-refractivity contribution in [1.29, 1.82) is 0 Å². The van der Waals surface area contributed by atoms with Crippen LogP contribution in [-0.4, -0.2) is 17.7 Å². The van der Waals surface area contributed by atoms with Crippen LogP contribution in [0.15, 0.2) is 53.0 Å². The number of carboxylic acid groups (broad SMARTS) is 1. The van der Waals surface area contributed by atoms with Gasteiger partial charge in [-0.3, -0.25) is 0 Å². The molecule has 0 aliphatic carbocycles. The Morgan fingerprint density at radius 1 is 1.24 bits per heavy atom. The Balaban J connectivity index is 2.44. The normalized spacial score (nSPS) is 11.2. The molecule has 0 bridgehead atoms. The second kappa shape index (κ2) is 7.09. The predicted octanol–water partition coefficient (Wildman–Crippen LogP) is 4.47. The third-order valence-corrected chi connectivity index (χ3v) is 3.34. The lowest BCUT2D eigenvalue weighted by atomic mass is 10.0. The number of ether oxygens (including phenoxy) is 1. The van der Waals surface area contributed by atoms with Gasteiger partial charge >= 0.3 is 5.97 Å². The van der Waals surface area contributed by atoms with Gasteiger partial charge in [0.1, 0.15) is 5.75 Å². The van der Waals surface area contributed by atoms with Gasteiger partial charge in [0.25, 0.3) is 0 Å². The highest BCUT2D eigenvalue weighted by Crippen LogP contribution is 2.24. The molecule has 0 radical (unpaired) electrons. The van der Waals surface area contributed by atoms with E-state index in [-0.39, 0.29) is 5.57 Å². The summed E-state index contributed by atoms with van der Waals surface area (Å²) in [5.41, 5.74) is 1.67. The molecular weight excluding hydrogens is 332 g/mol. The first-order valence-electron chi connectivity index (χ1n) is 6.54. The van der Waals surface area contributed by atoms with Gasteiger partial charge in [0, 0.05) is 4.47 Å². The minimum Gasteiger partial charge on any atom is -0.494 e. The summed E-state index contributed by atoms with van der Waals surface area (Å²) in [6.07, 6.45) is 1.65. The standard InChI is InChI=1S/C17H15BrO3/c1-2-21-15-8-4-6-13(11-15)16(17(19)20)10-12-5-3-7-14(18)9-12/h3-11H,2H2,1H3,(H,19,20)/b16-10-. The quantitative estimate of drug-likeness (QED) is 0.641. The second-order valence-corrected chi connectivity index (χ2v) is 5.29. The summed E-state index contributed by atoms with van der Waals surface area (Å²) in [6, 6.07) is 14.6. The van der Waals surface area contributed by atoms with E-state index in [1.54, 1.807) is 24.3 Å². The Morgan fingerprint density at radius 3 is 2.67 bits per heavy atom. The van der Waals surface area contributed by atoms with Gasteiger partial charge in [-0.2, -0.15) is 0 Å². The van der Waals surface area contributed by atoms with E-state index >= 15 is 0 Å². The number of carboxylic acids is 1. The SMILES string of the molecule is CCOc1cccc(/C(=C/c2cccc(Br)c2)C(=O)O)c1. The maximum Gasteiger partial charge on any atom is 0.336 e. The summed E-state index contributed by atoms with van der Waals surface area (Å²) in [6.45, 7) is 2.43.